The summed E-state index contributed by atoms with van der Waals surface area (Å²) in [6.07, 6.45) is 3.85. The predicted molar refractivity (Wildman–Crippen MR) is 58.6 cm³/mol. The van der Waals surface area contributed by atoms with Gasteiger partial charge < -0.3 is 14.9 Å². The maximum atomic E-state index is 10.6. The first kappa shape index (κ1) is 10.9. The average molecular weight is 222 g/mol. The molecular formula is C11H14N2O3. The van der Waals surface area contributed by atoms with Crippen LogP contribution in [0.2, 0.25) is 0 Å². The molecule has 1 aromatic heterocycles. The van der Waals surface area contributed by atoms with Gasteiger partial charge in [-0.25, -0.2) is 0 Å². The molecule has 0 atom stereocenters. The Kier molecular flexibility index (Phi) is 2.77. The van der Waals surface area contributed by atoms with Gasteiger partial charge in [0.25, 0.3) is 0 Å². The van der Waals surface area contributed by atoms with E-state index in [0.717, 1.165) is 18.4 Å². The van der Waals surface area contributed by atoms with Crippen LogP contribution in [0.25, 0.3) is 0 Å². The van der Waals surface area contributed by atoms with Crippen LogP contribution in [0.4, 0.5) is 5.82 Å². The number of aromatic nitrogens is 1. The second-order valence-electron chi connectivity index (χ2n) is 4.31. The second-order valence-corrected chi connectivity index (χ2v) is 4.31. The van der Waals surface area contributed by atoms with Crippen molar-refractivity contribution in [3.05, 3.63) is 27.9 Å². The molecule has 0 aliphatic heterocycles. The van der Waals surface area contributed by atoms with Crippen LogP contribution >= 0.6 is 0 Å². The topological polar surface area (TPSA) is 65.3 Å². The van der Waals surface area contributed by atoms with E-state index in [2.05, 4.69) is 4.98 Å². The molecule has 1 fully saturated rings. The van der Waals surface area contributed by atoms with Gasteiger partial charge in [-0.05, 0) is 28.7 Å². The van der Waals surface area contributed by atoms with Crippen molar-refractivity contribution < 1.29 is 9.66 Å². The van der Waals surface area contributed by atoms with Gasteiger partial charge in [-0.2, -0.15) is 0 Å². The van der Waals surface area contributed by atoms with Crippen molar-refractivity contribution in [2.24, 2.45) is 0 Å². The summed E-state index contributed by atoms with van der Waals surface area (Å²) in [5.74, 6) is 0.710. The number of hydrogen-bond acceptors (Lipinski definition) is 4. The fourth-order valence-corrected chi connectivity index (χ4v) is 1.44. The molecule has 0 bridgehead atoms. The fourth-order valence-electron chi connectivity index (χ4n) is 1.44. The molecule has 1 aliphatic rings. The van der Waals surface area contributed by atoms with E-state index in [9.17, 15) is 10.1 Å². The van der Waals surface area contributed by atoms with Crippen molar-refractivity contribution in [1.29, 1.82) is 0 Å². The van der Waals surface area contributed by atoms with E-state index >= 15 is 0 Å². The molecule has 1 aromatic rings. The van der Waals surface area contributed by atoms with Gasteiger partial charge >= 0.3 is 5.82 Å². The first-order valence-electron chi connectivity index (χ1n) is 5.39. The smallest absolute Gasteiger partial charge is 0.367 e. The first-order valence-corrected chi connectivity index (χ1v) is 5.39. The lowest BCUT2D eigenvalue weighted by Crippen LogP contribution is -2.03. The predicted octanol–water partition coefficient (Wildman–Crippen LogP) is 2.65. The van der Waals surface area contributed by atoms with Crippen molar-refractivity contribution in [3.8, 4) is 5.75 Å². The van der Waals surface area contributed by atoms with Crippen LogP contribution in [0.5, 0.6) is 5.75 Å². The van der Waals surface area contributed by atoms with Gasteiger partial charge in [0.1, 0.15) is 11.9 Å². The second kappa shape index (κ2) is 4.08. The molecule has 0 spiro atoms. The standard InChI is InChI=1S/C11H14N2O3/c1-7(2)9-6-12-11(13(14)15)5-10(9)16-8-3-4-8/h5-8H,3-4H2,1-2H3. The third-order valence-electron chi connectivity index (χ3n) is 2.51. The van der Waals surface area contributed by atoms with E-state index in [0.29, 0.717) is 5.75 Å². The Morgan fingerprint density at radius 3 is 2.75 bits per heavy atom. The molecular weight excluding hydrogens is 208 g/mol. The van der Waals surface area contributed by atoms with Gasteiger partial charge in [-0.3, -0.25) is 0 Å². The van der Waals surface area contributed by atoms with Crippen LogP contribution in [0.15, 0.2) is 12.3 Å². The van der Waals surface area contributed by atoms with E-state index in [1.54, 1.807) is 6.20 Å². The molecule has 0 unspecified atom stereocenters. The third kappa shape index (κ3) is 2.29. The van der Waals surface area contributed by atoms with Crippen LogP contribution in [0.1, 0.15) is 38.2 Å². The molecule has 1 aliphatic carbocycles. The third-order valence-corrected chi connectivity index (χ3v) is 2.51. The maximum absolute atomic E-state index is 10.6. The highest BCUT2D eigenvalue weighted by Crippen LogP contribution is 2.33. The molecule has 1 saturated carbocycles. The van der Waals surface area contributed by atoms with Gasteiger partial charge in [-0.1, -0.05) is 13.8 Å². The van der Waals surface area contributed by atoms with E-state index < -0.39 is 4.92 Å². The largest absolute Gasteiger partial charge is 0.490 e. The first-order chi connectivity index (χ1) is 7.58. The average Bonchev–Trinajstić information content (AvgIpc) is 3.01. The summed E-state index contributed by atoms with van der Waals surface area (Å²) in [5, 5.41) is 10.6. The van der Waals surface area contributed by atoms with Crippen molar-refractivity contribution in [1.82, 2.24) is 4.98 Å². The van der Waals surface area contributed by atoms with Crippen LogP contribution in [-0.4, -0.2) is 16.0 Å². The highest BCUT2D eigenvalue weighted by Gasteiger charge is 2.26. The van der Waals surface area contributed by atoms with Crippen LogP contribution in [0, 0.1) is 10.1 Å². The molecule has 5 nitrogen and oxygen atoms in total. The molecule has 0 N–H and O–H groups in total. The Morgan fingerprint density at radius 1 is 1.56 bits per heavy atom. The molecule has 0 aromatic carbocycles. The van der Waals surface area contributed by atoms with Crippen molar-refractivity contribution in [2.75, 3.05) is 0 Å². The van der Waals surface area contributed by atoms with E-state index in [1.807, 2.05) is 13.8 Å². The lowest BCUT2D eigenvalue weighted by atomic mass is 10.0. The lowest BCUT2D eigenvalue weighted by molar-refractivity contribution is -0.389. The van der Waals surface area contributed by atoms with Crippen LogP contribution in [0.3, 0.4) is 0 Å². The highest BCUT2D eigenvalue weighted by atomic mass is 16.6. The zero-order valence-corrected chi connectivity index (χ0v) is 9.34. The Hall–Kier alpha value is -1.65. The molecule has 0 radical (unpaired) electrons. The zero-order valence-electron chi connectivity index (χ0n) is 9.34. The van der Waals surface area contributed by atoms with Gasteiger partial charge in [0.05, 0.1) is 12.2 Å². The normalized spacial score (nSPS) is 15.2. The van der Waals surface area contributed by atoms with Gasteiger partial charge in [-0.15, -0.1) is 0 Å². The monoisotopic (exact) mass is 222 g/mol. The quantitative estimate of drug-likeness (QED) is 0.580. The van der Waals surface area contributed by atoms with Gasteiger partial charge in [0.2, 0.25) is 0 Å². The number of nitro groups is 1. The molecule has 1 heterocycles. The van der Waals surface area contributed by atoms with E-state index in [4.69, 9.17) is 4.74 Å². The number of ether oxygens (including phenoxy) is 1. The summed E-state index contributed by atoms with van der Waals surface area (Å²) in [6.45, 7) is 4.03. The Balaban J connectivity index is 2.33. The Labute approximate surface area is 93.6 Å². The van der Waals surface area contributed by atoms with Crippen molar-refractivity contribution >= 4 is 5.82 Å². The zero-order chi connectivity index (χ0) is 11.7. The molecule has 0 saturated heterocycles. The molecule has 0 amide bonds. The van der Waals surface area contributed by atoms with Crippen molar-refractivity contribution in [2.45, 2.75) is 38.7 Å². The van der Waals surface area contributed by atoms with Crippen LogP contribution < -0.4 is 4.74 Å². The molecule has 5 heteroatoms. The summed E-state index contributed by atoms with van der Waals surface area (Å²) >= 11 is 0. The minimum absolute atomic E-state index is 0.153. The number of pyridine rings is 1. The Morgan fingerprint density at radius 2 is 2.25 bits per heavy atom. The molecule has 86 valence electrons. The summed E-state index contributed by atoms with van der Waals surface area (Å²) in [5.41, 5.74) is 0.928. The minimum atomic E-state index is -0.496. The van der Waals surface area contributed by atoms with E-state index in [-0.39, 0.29) is 17.8 Å². The molecule has 16 heavy (non-hydrogen) atoms. The van der Waals surface area contributed by atoms with E-state index in [1.165, 1.54) is 6.07 Å². The summed E-state index contributed by atoms with van der Waals surface area (Å²) in [7, 11) is 0. The fraction of sp³-hybridized carbons (Fsp3) is 0.545. The van der Waals surface area contributed by atoms with Gasteiger partial charge in [0, 0.05) is 5.56 Å². The SMILES string of the molecule is CC(C)c1cnc([N+](=O)[O-])cc1OC1CC1. The van der Waals surface area contributed by atoms with Crippen LogP contribution in [-0.2, 0) is 0 Å². The summed E-state index contributed by atoms with van der Waals surface area (Å²) in [6, 6.07) is 1.42. The molecule has 2 rings (SSSR count). The lowest BCUT2D eigenvalue weighted by Gasteiger charge is -2.11. The number of rotatable bonds is 4. The maximum Gasteiger partial charge on any atom is 0.367 e. The number of nitrogens with zero attached hydrogens (tertiary/aromatic N) is 2. The Bertz CT molecular complexity index is 414. The number of hydrogen-bond donors (Lipinski definition) is 0. The van der Waals surface area contributed by atoms with Crippen molar-refractivity contribution in [3.63, 3.8) is 0 Å². The summed E-state index contributed by atoms with van der Waals surface area (Å²) < 4.78 is 5.66. The summed E-state index contributed by atoms with van der Waals surface area (Å²) in [4.78, 5) is 13.9. The highest BCUT2D eigenvalue weighted by molar-refractivity contribution is 5.40. The van der Waals surface area contributed by atoms with Gasteiger partial charge in [0.15, 0.2) is 0 Å². The minimum Gasteiger partial charge on any atom is -0.490 e.